The fraction of sp³-hybridized carbons (Fsp3) is 0.500. The second-order valence-corrected chi connectivity index (χ2v) is 4.64. The molecule has 4 nitrogen and oxygen atoms in total. The quantitative estimate of drug-likeness (QED) is 0.758. The van der Waals surface area contributed by atoms with Crippen LogP contribution < -0.4 is 5.32 Å². The highest BCUT2D eigenvalue weighted by molar-refractivity contribution is 5.07. The molecule has 0 spiro atoms. The van der Waals surface area contributed by atoms with Crippen molar-refractivity contribution in [2.24, 2.45) is 7.05 Å². The van der Waals surface area contributed by atoms with E-state index in [4.69, 9.17) is 0 Å². The summed E-state index contributed by atoms with van der Waals surface area (Å²) in [5, 5.41) is 7.65. The maximum Gasteiger partial charge on any atom is 0.0522 e. The highest BCUT2D eigenvalue weighted by atomic mass is 15.2. The first kappa shape index (κ1) is 12.9. The summed E-state index contributed by atoms with van der Waals surface area (Å²) in [5.41, 5.74) is 2.65. The lowest BCUT2D eigenvalue weighted by atomic mass is 10.2. The lowest BCUT2D eigenvalue weighted by Gasteiger charge is -2.08. The van der Waals surface area contributed by atoms with Gasteiger partial charge in [-0.1, -0.05) is 6.92 Å². The SMILES string of the molecule is CCCn1cccc1CNCCc1cnn(C)c1. The number of aromatic nitrogens is 3. The molecule has 2 aromatic heterocycles. The van der Waals surface area contributed by atoms with Crippen LogP contribution in [0.3, 0.4) is 0 Å². The third kappa shape index (κ3) is 3.47. The Balaban J connectivity index is 1.73. The fourth-order valence-electron chi connectivity index (χ4n) is 2.12. The van der Waals surface area contributed by atoms with Crippen molar-refractivity contribution in [3.05, 3.63) is 42.0 Å². The van der Waals surface area contributed by atoms with Gasteiger partial charge in [0.2, 0.25) is 0 Å². The lowest BCUT2D eigenvalue weighted by Crippen LogP contribution is -2.18. The van der Waals surface area contributed by atoms with Gasteiger partial charge in [-0.2, -0.15) is 5.10 Å². The maximum absolute atomic E-state index is 4.17. The van der Waals surface area contributed by atoms with Gasteiger partial charge in [0.05, 0.1) is 6.20 Å². The summed E-state index contributed by atoms with van der Waals surface area (Å²) in [5.74, 6) is 0. The van der Waals surface area contributed by atoms with E-state index in [2.05, 4.69) is 46.4 Å². The third-order valence-corrected chi connectivity index (χ3v) is 3.04. The largest absolute Gasteiger partial charge is 0.350 e. The molecule has 98 valence electrons. The molecule has 0 aliphatic heterocycles. The molecule has 0 radical (unpaired) electrons. The predicted octanol–water partition coefficient (Wildman–Crippen LogP) is 1.96. The van der Waals surface area contributed by atoms with E-state index in [0.717, 1.165) is 26.1 Å². The third-order valence-electron chi connectivity index (χ3n) is 3.04. The van der Waals surface area contributed by atoms with Crippen molar-refractivity contribution in [3.63, 3.8) is 0 Å². The second-order valence-electron chi connectivity index (χ2n) is 4.64. The molecule has 0 aliphatic rings. The van der Waals surface area contributed by atoms with E-state index >= 15 is 0 Å². The standard InChI is InChI=1S/C14H22N4/c1-3-8-18-9-4-5-14(18)11-15-7-6-13-10-16-17(2)12-13/h4-5,9-10,12,15H,3,6-8,11H2,1-2H3. The minimum Gasteiger partial charge on any atom is -0.350 e. The van der Waals surface area contributed by atoms with Gasteiger partial charge in [-0.15, -0.1) is 0 Å². The Morgan fingerprint density at radius 2 is 2.28 bits per heavy atom. The zero-order valence-electron chi connectivity index (χ0n) is 11.3. The molecule has 0 saturated carbocycles. The molecule has 18 heavy (non-hydrogen) atoms. The van der Waals surface area contributed by atoms with Crippen LogP contribution in [0.1, 0.15) is 24.6 Å². The van der Waals surface area contributed by atoms with Crippen LogP contribution in [-0.2, 0) is 26.6 Å². The first-order valence-electron chi connectivity index (χ1n) is 6.62. The molecule has 0 aliphatic carbocycles. The van der Waals surface area contributed by atoms with Crippen LogP contribution in [0.2, 0.25) is 0 Å². The van der Waals surface area contributed by atoms with E-state index in [1.54, 1.807) is 0 Å². The highest BCUT2D eigenvalue weighted by Gasteiger charge is 2.00. The Hall–Kier alpha value is -1.55. The first-order chi connectivity index (χ1) is 8.79. The number of nitrogens with zero attached hydrogens (tertiary/aromatic N) is 3. The van der Waals surface area contributed by atoms with Gasteiger partial charge in [-0.25, -0.2) is 0 Å². The van der Waals surface area contributed by atoms with Crippen molar-refractivity contribution in [3.8, 4) is 0 Å². The molecule has 0 aromatic carbocycles. The number of aryl methyl sites for hydroxylation is 2. The Morgan fingerprint density at radius 1 is 1.39 bits per heavy atom. The predicted molar refractivity (Wildman–Crippen MR) is 73.3 cm³/mol. The maximum atomic E-state index is 4.17. The van der Waals surface area contributed by atoms with Crippen LogP contribution in [0.15, 0.2) is 30.7 Å². The van der Waals surface area contributed by atoms with Gasteiger partial charge in [0, 0.05) is 38.2 Å². The Morgan fingerprint density at radius 3 is 3.00 bits per heavy atom. The summed E-state index contributed by atoms with van der Waals surface area (Å²) in [6, 6.07) is 4.31. The molecule has 4 heteroatoms. The van der Waals surface area contributed by atoms with Crippen LogP contribution in [0.5, 0.6) is 0 Å². The molecule has 0 bridgehead atoms. The average molecular weight is 246 g/mol. The van der Waals surface area contributed by atoms with E-state index in [1.807, 2.05) is 17.9 Å². The molecule has 0 unspecified atom stereocenters. The average Bonchev–Trinajstić information content (AvgIpc) is 2.95. The fourth-order valence-corrected chi connectivity index (χ4v) is 2.12. The Bertz CT molecular complexity index is 470. The molecule has 2 heterocycles. The number of hydrogen-bond acceptors (Lipinski definition) is 2. The number of rotatable bonds is 7. The van der Waals surface area contributed by atoms with Crippen LogP contribution in [0, 0.1) is 0 Å². The normalized spacial score (nSPS) is 11.0. The summed E-state index contributed by atoms with van der Waals surface area (Å²) in [4.78, 5) is 0. The summed E-state index contributed by atoms with van der Waals surface area (Å²) in [6.45, 7) is 5.24. The van der Waals surface area contributed by atoms with Crippen molar-refractivity contribution in [1.29, 1.82) is 0 Å². The van der Waals surface area contributed by atoms with E-state index in [0.29, 0.717) is 0 Å². The summed E-state index contributed by atoms with van der Waals surface area (Å²) >= 11 is 0. The molecule has 0 atom stereocenters. The van der Waals surface area contributed by atoms with Crippen LogP contribution in [0.25, 0.3) is 0 Å². The van der Waals surface area contributed by atoms with Crippen LogP contribution in [-0.4, -0.2) is 20.9 Å². The molecular weight excluding hydrogens is 224 g/mol. The highest BCUT2D eigenvalue weighted by Crippen LogP contribution is 2.03. The van der Waals surface area contributed by atoms with Gasteiger partial charge in [-0.05, 0) is 37.1 Å². The Labute approximate surface area is 109 Å². The zero-order chi connectivity index (χ0) is 12.8. The van der Waals surface area contributed by atoms with E-state index in [-0.39, 0.29) is 0 Å². The van der Waals surface area contributed by atoms with Crippen LogP contribution in [0.4, 0.5) is 0 Å². The molecule has 0 amide bonds. The van der Waals surface area contributed by atoms with Gasteiger partial charge in [-0.3, -0.25) is 4.68 Å². The van der Waals surface area contributed by atoms with Crippen molar-refractivity contribution >= 4 is 0 Å². The first-order valence-corrected chi connectivity index (χ1v) is 6.62. The van der Waals surface area contributed by atoms with Gasteiger partial charge in [0.1, 0.15) is 0 Å². The topological polar surface area (TPSA) is 34.8 Å². The summed E-state index contributed by atoms with van der Waals surface area (Å²) in [7, 11) is 1.95. The van der Waals surface area contributed by atoms with Crippen molar-refractivity contribution < 1.29 is 0 Å². The van der Waals surface area contributed by atoms with Crippen molar-refractivity contribution in [2.75, 3.05) is 6.54 Å². The number of hydrogen-bond donors (Lipinski definition) is 1. The summed E-state index contributed by atoms with van der Waals surface area (Å²) in [6.07, 6.45) is 8.37. The van der Waals surface area contributed by atoms with Gasteiger partial charge in [0.15, 0.2) is 0 Å². The molecule has 2 rings (SSSR count). The van der Waals surface area contributed by atoms with Gasteiger partial charge < -0.3 is 9.88 Å². The molecule has 0 fully saturated rings. The van der Waals surface area contributed by atoms with E-state index in [9.17, 15) is 0 Å². The van der Waals surface area contributed by atoms with Gasteiger partial charge >= 0.3 is 0 Å². The minimum absolute atomic E-state index is 0.938. The molecular formula is C14H22N4. The monoisotopic (exact) mass is 246 g/mol. The van der Waals surface area contributed by atoms with E-state index in [1.165, 1.54) is 17.7 Å². The van der Waals surface area contributed by atoms with Crippen molar-refractivity contribution in [1.82, 2.24) is 19.7 Å². The minimum atomic E-state index is 0.938. The second kappa shape index (κ2) is 6.40. The summed E-state index contributed by atoms with van der Waals surface area (Å²) < 4.78 is 4.17. The van der Waals surface area contributed by atoms with Crippen LogP contribution >= 0.6 is 0 Å². The van der Waals surface area contributed by atoms with E-state index < -0.39 is 0 Å². The van der Waals surface area contributed by atoms with Gasteiger partial charge in [0.25, 0.3) is 0 Å². The smallest absolute Gasteiger partial charge is 0.0522 e. The Kier molecular flexibility index (Phi) is 4.59. The number of nitrogens with one attached hydrogen (secondary N) is 1. The molecule has 2 aromatic rings. The molecule has 0 saturated heterocycles. The lowest BCUT2D eigenvalue weighted by molar-refractivity contribution is 0.602. The van der Waals surface area contributed by atoms with Crippen molar-refractivity contribution in [2.45, 2.75) is 32.9 Å². The zero-order valence-corrected chi connectivity index (χ0v) is 11.3. The molecule has 1 N–H and O–H groups in total.